The number of nitrogens with two attached hydrogens (primary N) is 1. The maximum atomic E-state index is 12.0. The van der Waals surface area contributed by atoms with Crippen LogP contribution in [0.4, 0.5) is 0 Å². The third kappa shape index (κ3) is 2.43. The fourth-order valence-electron chi connectivity index (χ4n) is 1.95. The third-order valence-corrected chi connectivity index (χ3v) is 2.99. The van der Waals surface area contributed by atoms with Gasteiger partial charge in [-0.2, -0.15) is 0 Å². The van der Waals surface area contributed by atoms with E-state index >= 15 is 0 Å². The van der Waals surface area contributed by atoms with Gasteiger partial charge in [0.15, 0.2) is 5.84 Å². The molecule has 6 nitrogen and oxygen atoms in total. The minimum Gasteiger partial charge on any atom is -0.409 e. The summed E-state index contributed by atoms with van der Waals surface area (Å²) in [5, 5.41) is 20.8. The lowest BCUT2D eigenvalue weighted by molar-refractivity contribution is 0.0765. The molecular formula is C12H15N3O3. The molecule has 1 aliphatic rings. The summed E-state index contributed by atoms with van der Waals surface area (Å²) in [5.41, 5.74) is 6.51. The van der Waals surface area contributed by atoms with E-state index in [1.807, 2.05) is 0 Å². The van der Waals surface area contributed by atoms with Gasteiger partial charge in [-0.05, 0) is 18.6 Å². The SMILES string of the molecule is N/C(=N/O)c1ccc(C(=O)N2CCC(O)C2)cc1. The molecule has 0 aliphatic carbocycles. The Hall–Kier alpha value is -2.08. The molecule has 1 aliphatic heterocycles. The van der Waals surface area contributed by atoms with Crippen molar-refractivity contribution >= 4 is 11.7 Å². The summed E-state index contributed by atoms with van der Waals surface area (Å²) in [6.07, 6.45) is 0.193. The van der Waals surface area contributed by atoms with Crippen LogP contribution in [0.15, 0.2) is 29.4 Å². The van der Waals surface area contributed by atoms with Crippen LogP contribution in [0.25, 0.3) is 0 Å². The van der Waals surface area contributed by atoms with Crippen LogP contribution >= 0.6 is 0 Å². The van der Waals surface area contributed by atoms with Gasteiger partial charge in [0.2, 0.25) is 0 Å². The molecule has 1 heterocycles. The quantitative estimate of drug-likeness (QED) is 0.297. The second-order valence-corrected chi connectivity index (χ2v) is 4.26. The highest BCUT2D eigenvalue weighted by Crippen LogP contribution is 2.14. The lowest BCUT2D eigenvalue weighted by atomic mass is 10.1. The second-order valence-electron chi connectivity index (χ2n) is 4.26. The number of benzene rings is 1. The number of amides is 1. The minimum atomic E-state index is -0.426. The maximum Gasteiger partial charge on any atom is 0.253 e. The van der Waals surface area contributed by atoms with Gasteiger partial charge in [-0.25, -0.2) is 0 Å². The van der Waals surface area contributed by atoms with E-state index in [-0.39, 0.29) is 11.7 Å². The number of rotatable bonds is 2. The first-order chi connectivity index (χ1) is 8.61. The van der Waals surface area contributed by atoms with Gasteiger partial charge >= 0.3 is 0 Å². The smallest absolute Gasteiger partial charge is 0.253 e. The molecule has 0 saturated carbocycles. The molecule has 2 rings (SSSR count). The van der Waals surface area contributed by atoms with Crippen molar-refractivity contribution in [1.29, 1.82) is 0 Å². The standard InChI is InChI=1S/C12H15N3O3/c13-11(14-18)8-1-3-9(4-2-8)12(17)15-6-5-10(16)7-15/h1-4,10,16,18H,5-7H2,(H2,13,14). The summed E-state index contributed by atoms with van der Waals surface area (Å²) < 4.78 is 0. The monoisotopic (exact) mass is 249 g/mol. The number of likely N-dealkylation sites (tertiary alicyclic amines) is 1. The molecule has 1 aromatic carbocycles. The number of oxime groups is 1. The van der Waals surface area contributed by atoms with Crippen molar-refractivity contribution in [1.82, 2.24) is 4.90 Å². The molecule has 18 heavy (non-hydrogen) atoms. The predicted molar refractivity (Wildman–Crippen MR) is 65.5 cm³/mol. The number of nitrogens with zero attached hydrogens (tertiary/aromatic N) is 2. The molecule has 4 N–H and O–H groups in total. The first-order valence-electron chi connectivity index (χ1n) is 5.67. The number of β-amino-alcohol motifs (C(OH)–C–C–N with tert-alkyl or cyclic N) is 1. The summed E-state index contributed by atoms with van der Waals surface area (Å²) >= 11 is 0. The number of hydrogen-bond acceptors (Lipinski definition) is 4. The lowest BCUT2D eigenvalue weighted by Crippen LogP contribution is -2.29. The van der Waals surface area contributed by atoms with E-state index in [1.165, 1.54) is 0 Å². The van der Waals surface area contributed by atoms with Crippen LogP contribution in [-0.4, -0.2) is 46.1 Å². The zero-order valence-corrected chi connectivity index (χ0v) is 9.78. The van der Waals surface area contributed by atoms with Gasteiger partial charge < -0.3 is 20.9 Å². The average Bonchev–Trinajstić information content (AvgIpc) is 2.84. The van der Waals surface area contributed by atoms with E-state index in [0.29, 0.717) is 30.6 Å². The van der Waals surface area contributed by atoms with Crippen LogP contribution in [0.5, 0.6) is 0 Å². The highest BCUT2D eigenvalue weighted by molar-refractivity contribution is 5.99. The number of aliphatic hydroxyl groups is 1. The van der Waals surface area contributed by atoms with Crippen molar-refractivity contribution in [2.24, 2.45) is 10.9 Å². The molecule has 0 aromatic heterocycles. The number of amidine groups is 1. The third-order valence-electron chi connectivity index (χ3n) is 2.99. The van der Waals surface area contributed by atoms with Crippen molar-refractivity contribution in [3.05, 3.63) is 35.4 Å². The van der Waals surface area contributed by atoms with Gasteiger partial charge in [0, 0.05) is 24.2 Å². The molecule has 6 heteroatoms. The highest BCUT2D eigenvalue weighted by Gasteiger charge is 2.25. The van der Waals surface area contributed by atoms with E-state index in [2.05, 4.69) is 5.16 Å². The highest BCUT2D eigenvalue weighted by atomic mass is 16.4. The molecule has 1 aromatic rings. The van der Waals surface area contributed by atoms with E-state index in [9.17, 15) is 9.90 Å². The summed E-state index contributed by atoms with van der Waals surface area (Å²) in [5.74, 6) is -0.108. The molecule has 1 atom stereocenters. The maximum absolute atomic E-state index is 12.0. The molecule has 1 amide bonds. The molecule has 1 saturated heterocycles. The van der Waals surface area contributed by atoms with Crippen LogP contribution in [0.2, 0.25) is 0 Å². The van der Waals surface area contributed by atoms with Crippen molar-refractivity contribution in [2.45, 2.75) is 12.5 Å². The lowest BCUT2D eigenvalue weighted by Gasteiger charge is -2.15. The van der Waals surface area contributed by atoms with E-state index in [1.54, 1.807) is 29.2 Å². The Labute approximate surface area is 104 Å². The molecule has 0 spiro atoms. The number of carbonyl (C=O) groups is 1. The van der Waals surface area contributed by atoms with E-state index in [0.717, 1.165) is 0 Å². The van der Waals surface area contributed by atoms with Crippen molar-refractivity contribution < 1.29 is 15.1 Å². The van der Waals surface area contributed by atoms with Crippen LogP contribution in [-0.2, 0) is 0 Å². The first-order valence-corrected chi connectivity index (χ1v) is 5.67. The predicted octanol–water partition coefficient (Wildman–Crippen LogP) is -0.0121. The summed E-state index contributed by atoms with van der Waals surface area (Å²) in [4.78, 5) is 13.7. The van der Waals surface area contributed by atoms with Gasteiger partial charge in [-0.15, -0.1) is 0 Å². The Bertz CT molecular complexity index is 470. The Morgan fingerprint density at radius 3 is 2.44 bits per heavy atom. The molecule has 0 radical (unpaired) electrons. The number of aliphatic hydroxyl groups excluding tert-OH is 1. The van der Waals surface area contributed by atoms with Crippen LogP contribution in [0.3, 0.4) is 0 Å². The molecule has 0 bridgehead atoms. The Balaban J connectivity index is 2.12. The average molecular weight is 249 g/mol. The van der Waals surface area contributed by atoms with Gasteiger partial charge in [0.1, 0.15) is 0 Å². The second kappa shape index (κ2) is 5.05. The van der Waals surface area contributed by atoms with E-state index in [4.69, 9.17) is 10.9 Å². The number of carbonyl (C=O) groups excluding carboxylic acids is 1. The van der Waals surface area contributed by atoms with Crippen LogP contribution in [0.1, 0.15) is 22.3 Å². The van der Waals surface area contributed by atoms with Crippen molar-refractivity contribution in [3.63, 3.8) is 0 Å². The van der Waals surface area contributed by atoms with Crippen LogP contribution in [0, 0.1) is 0 Å². The van der Waals surface area contributed by atoms with Crippen molar-refractivity contribution in [2.75, 3.05) is 13.1 Å². The van der Waals surface area contributed by atoms with Gasteiger partial charge in [0.05, 0.1) is 6.10 Å². The summed E-state index contributed by atoms with van der Waals surface area (Å²) in [6, 6.07) is 6.49. The first kappa shape index (κ1) is 12.4. The largest absolute Gasteiger partial charge is 0.409 e. The minimum absolute atomic E-state index is 0.00518. The normalized spacial score (nSPS) is 20.2. The zero-order valence-electron chi connectivity index (χ0n) is 9.78. The summed E-state index contributed by atoms with van der Waals surface area (Å²) in [7, 11) is 0. The fourth-order valence-corrected chi connectivity index (χ4v) is 1.95. The summed E-state index contributed by atoms with van der Waals surface area (Å²) in [6.45, 7) is 0.947. The van der Waals surface area contributed by atoms with Gasteiger partial charge in [-0.3, -0.25) is 4.79 Å². The molecule has 1 unspecified atom stereocenters. The Morgan fingerprint density at radius 1 is 1.33 bits per heavy atom. The number of hydrogen-bond donors (Lipinski definition) is 3. The zero-order chi connectivity index (χ0) is 13.1. The molecule has 1 fully saturated rings. The van der Waals surface area contributed by atoms with Gasteiger partial charge in [-0.1, -0.05) is 17.3 Å². The van der Waals surface area contributed by atoms with Crippen LogP contribution < -0.4 is 5.73 Å². The molecular weight excluding hydrogens is 234 g/mol. The topological polar surface area (TPSA) is 99.2 Å². The van der Waals surface area contributed by atoms with Crippen molar-refractivity contribution in [3.8, 4) is 0 Å². The van der Waals surface area contributed by atoms with Gasteiger partial charge in [0.25, 0.3) is 5.91 Å². The fraction of sp³-hybridized carbons (Fsp3) is 0.333. The molecule has 96 valence electrons. The Kier molecular flexibility index (Phi) is 3.47. The Morgan fingerprint density at radius 2 is 1.94 bits per heavy atom. The van der Waals surface area contributed by atoms with E-state index < -0.39 is 6.10 Å².